The number of nitrogens with one attached hydrogen (secondary N) is 3. The number of aromatic nitrogens is 1. The Balaban J connectivity index is 1.27. The molecule has 2 aliphatic rings. The Morgan fingerprint density at radius 1 is 1.30 bits per heavy atom. The second-order valence-corrected chi connectivity index (χ2v) is 7.24. The molecule has 1 aromatic heterocycles. The van der Waals surface area contributed by atoms with Crippen LogP contribution in [-0.2, 0) is 16.1 Å². The molecule has 0 aliphatic carbocycles. The van der Waals surface area contributed by atoms with Gasteiger partial charge in [-0.2, -0.15) is 0 Å². The van der Waals surface area contributed by atoms with Crippen molar-refractivity contribution in [2.75, 3.05) is 25.4 Å². The highest BCUT2D eigenvalue weighted by atomic mass is 16.5. The summed E-state index contributed by atoms with van der Waals surface area (Å²) < 4.78 is 5.28. The molecular weight excluding hydrogens is 346 g/mol. The minimum atomic E-state index is -0.284. The zero-order valence-electron chi connectivity index (χ0n) is 15.2. The molecule has 1 unspecified atom stereocenters. The minimum absolute atomic E-state index is 0.0368. The number of hydrogen-bond donors (Lipinski definition) is 4. The Kier molecular flexibility index (Phi) is 4.89. The second kappa shape index (κ2) is 7.48. The maximum absolute atomic E-state index is 12.3. The van der Waals surface area contributed by atoms with Crippen molar-refractivity contribution in [2.45, 2.75) is 38.0 Å². The van der Waals surface area contributed by atoms with E-state index >= 15 is 0 Å². The number of carbonyl (C=O) groups is 2. The predicted molar refractivity (Wildman–Crippen MR) is 102 cm³/mol. The van der Waals surface area contributed by atoms with E-state index in [1.54, 1.807) is 4.90 Å². The van der Waals surface area contributed by atoms with E-state index < -0.39 is 0 Å². The number of nitrogens with zero attached hydrogens (tertiary/aromatic N) is 1. The fourth-order valence-corrected chi connectivity index (χ4v) is 3.65. The van der Waals surface area contributed by atoms with E-state index in [1.165, 1.54) is 0 Å². The van der Waals surface area contributed by atoms with Crippen LogP contribution in [0.5, 0.6) is 0 Å². The highest BCUT2D eigenvalue weighted by molar-refractivity contribution is 5.84. The number of H-pyrrole nitrogens is 1. The molecule has 2 aliphatic heterocycles. The van der Waals surface area contributed by atoms with Gasteiger partial charge in [0.2, 0.25) is 0 Å². The van der Waals surface area contributed by atoms with Gasteiger partial charge in [-0.3, -0.25) is 4.79 Å². The molecular formula is C19H25N5O3. The van der Waals surface area contributed by atoms with Crippen LogP contribution in [0.15, 0.2) is 24.3 Å². The summed E-state index contributed by atoms with van der Waals surface area (Å²) in [6.07, 6.45) is 2.26. The average Bonchev–Trinajstić information content (AvgIpc) is 3.00. The van der Waals surface area contributed by atoms with E-state index in [1.807, 2.05) is 24.3 Å². The molecule has 0 spiro atoms. The maximum atomic E-state index is 12.3. The highest BCUT2D eigenvalue weighted by Gasteiger charge is 2.33. The number of ether oxygens (including phenoxy) is 1. The number of amides is 3. The lowest BCUT2D eigenvalue weighted by Gasteiger charge is -2.37. The number of rotatable bonds is 4. The van der Waals surface area contributed by atoms with Crippen molar-refractivity contribution in [3.63, 3.8) is 0 Å². The third-order valence-electron chi connectivity index (χ3n) is 5.18. The summed E-state index contributed by atoms with van der Waals surface area (Å²) in [6, 6.07) is 7.37. The number of aromatic amines is 1. The number of hydrogen-bond acceptors (Lipinski definition) is 4. The van der Waals surface area contributed by atoms with Gasteiger partial charge in [0.1, 0.15) is 6.10 Å². The number of benzene rings is 1. The quantitative estimate of drug-likeness (QED) is 0.607. The van der Waals surface area contributed by atoms with Gasteiger partial charge in [0, 0.05) is 47.8 Å². The van der Waals surface area contributed by atoms with E-state index in [0.29, 0.717) is 25.4 Å². The molecule has 8 nitrogen and oxygen atoms in total. The first kappa shape index (κ1) is 17.7. The summed E-state index contributed by atoms with van der Waals surface area (Å²) in [7, 11) is 0. The van der Waals surface area contributed by atoms with Crippen LogP contribution in [0.2, 0.25) is 0 Å². The first-order valence-electron chi connectivity index (χ1n) is 9.40. The van der Waals surface area contributed by atoms with Gasteiger partial charge >= 0.3 is 6.03 Å². The number of carbonyl (C=O) groups excluding carboxylic acids is 2. The molecule has 5 N–H and O–H groups in total. The molecule has 4 rings (SSSR count). The Morgan fingerprint density at radius 2 is 2.15 bits per heavy atom. The van der Waals surface area contributed by atoms with E-state index in [9.17, 15) is 9.59 Å². The van der Waals surface area contributed by atoms with Crippen LogP contribution in [0.25, 0.3) is 10.9 Å². The van der Waals surface area contributed by atoms with Crippen molar-refractivity contribution in [2.24, 2.45) is 0 Å². The number of anilines is 1. The number of nitrogen functional groups attached to an aromatic ring is 1. The minimum Gasteiger partial charge on any atom is -0.399 e. The van der Waals surface area contributed by atoms with Gasteiger partial charge < -0.3 is 31.0 Å². The van der Waals surface area contributed by atoms with Gasteiger partial charge in [-0.1, -0.05) is 0 Å². The largest absolute Gasteiger partial charge is 0.399 e. The van der Waals surface area contributed by atoms with Gasteiger partial charge in [0.05, 0.1) is 13.2 Å². The van der Waals surface area contributed by atoms with E-state index in [0.717, 1.165) is 42.4 Å². The van der Waals surface area contributed by atoms with Crippen molar-refractivity contribution in [1.82, 2.24) is 20.5 Å². The Hall–Kier alpha value is -2.74. The molecule has 3 amide bonds. The third kappa shape index (κ3) is 4.00. The number of urea groups is 1. The molecule has 2 fully saturated rings. The maximum Gasteiger partial charge on any atom is 0.315 e. The molecule has 27 heavy (non-hydrogen) atoms. The third-order valence-corrected chi connectivity index (χ3v) is 5.18. The van der Waals surface area contributed by atoms with Crippen molar-refractivity contribution in [3.05, 3.63) is 30.0 Å². The Labute approximate surface area is 157 Å². The average molecular weight is 371 g/mol. The molecule has 0 radical (unpaired) electrons. The number of fused-ring (bicyclic) bond motifs is 1. The fraction of sp³-hybridized carbons (Fsp3) is 0.474. The van der Waals surface area contributed by atoms with E-state index in [2.05, 4.69) is 15.6 Å². The number of piperidine rings is 1. The molecule has 1 aromatic carbocycles. The Morgan fingerprint density at radius 3 is 2.93 bits per heavy atom. The molecule has 3 heterocycles. The normalized spacial score (nSPS) is 22.3. The van der Waals surface area contributed by atoms with Crippen LogP contribution in [0, 0.1) is 0 Å². The van der Waals surface area contributed by atoms with E-state index in [4.69, 9.17) is 10.5 Å². The van der Waals surface area contributed by atoms with Crippen molar-refractivity contribution < 1.29 is 14.3 Å². The molecule has 2 atom stereocenters. The topological polar surface area (TPSA) is 112 Å². The lowest BCUT2D eigenvalue weighted by Crippen LogP contribution is -2.55. The van der Waals surface area contributed by atoms with Gasteiger partial charge in [-0.25, -0.2) is 4.79 Å². The van der Waals surface area contributed by atoms with Gasteiger partial charge in [-0.15, -0.1) is 0 Å². The summed E-state index contributed by atoms with van der Waals surface area (Å²) in [5.74, 6) is 0.0468. The zero-order chi connectivity index (χ0) is 18.8. The second-order valence-electron chi connectivity index (χ2n) is 7.24. The summed E-state index contributed by atoms with van der Waals surface area (Å²) in [5, 5.41) is 6.86. The lowest BCUT2D eigenvalue weighted by atomic mass is 10.0. The van der Waals surface area contributed by atoms with Crippen molar-refractivity contribution >= 4 is 28.5 Å². The standard InChI is InChI=1S/C19H25N5O3/c20-13-3-4-16-12(8-13)9-15(22-16)10-21-19(26)23-14-2-1-6-24(11-14)18(25)17-5-7-27-17/h3-4,8-9,14,17,22H,1-2,5-7,10-11,20H2,(H2,21,23,26)/t14-,17?/m1/s1. The molecule has 2 aromatic rings. The van der Waals surface area contributed by atoms with Gasteiger partial charge in [0.25, 0.3) is 5.91 Å². The predicted octanol–water partition coefficient (Wildman–Crippen LogP) is 1.33. The van der Waals surface area contributed by atoms with Gasteiger partial charge in [0.15, 0.2) is 0 Å². The first-order valence-corrected chi connectivity index (χ1v) is 9.40. The molecule has 8 heteroatoms. The zero-order valence-corrected chi connectivity index (χ0v) is 15.2. The van der Waals surface area contributed by atoms with Crippen LogP contribution in [0.3, 0.4) is 0 Å². The highest BCUT2D eigenvalue weighted by Crippen LogP contribution is 2.19. The van der Waals surface area contributed by atoms with Gasteiger partial charge in [-0.05, 0) is 37.1 Å². The fourth-order valence-electron chi connectivity index (χ4n) is 3.65. The number of likely N-dealkylation sites (tertiary alicyclic amines) is 1. The van der Waals surface area contributed by atoms with Crippen LogP contribution in [0.4, 0.5) is 10.5 Å². The first-order chi connectivity index (χ1) is 13.1. The summed E-state index contributed by atoms with van der Waals surface area (Å²) >= 11 is 0. The van der Waals surface area contributed by atoms with Crippen LogP contribution < -0.4 is 16.4 Å². The SMILES string of the molecule is Nc1ccc2[nH]c(CNC(=O)N[C@@H]3CCCN(C(=O)C4CCO4)C3)cc2c1. The summed E-state index contributed by atoms with van der Waals surface area (Å²) in [4.78, 5) is 29.6. The molecule has 0 saturated carbocycles. The summed E-state index contributed by atoms with van der Waals surface area (Å²) in [6.45, 7) is 2.33. The Bertz CT molecular complexity index is 845. The molecule has 0 bridgehead atoms. The molecule has 2 saturated heterocycles. The van der Waals surface area contributed by atoms with Crippen LogP contribution in [0.1, 0.15) is 25.0 Å². The smallest absolute Gasteiger partial charge is 0.315 e. The van der Waals surface area contributed by atoms with Crippen molar-refractivity contribution in [3.8, 4) is 0 Å². The van der Waals surface area contributed by atoms with Crippen LogP contribution >= 0.6 is 0 Å². The van der Waals surface area contributed by atoms with E-state index in [-0.39, 0.29) is 24.1 Å². The molecule has 144 valence electrons. The summed E-state index contributed by atoms with van der Waals surface area (Å²) in [5.41, 5.74) is 8.40. The monoisotopic (exact) mass is 371 g/mol. The van der Waals surface area contributed by atoms with Crippen molar-refractivity contribution in [1.29, 1.82) is 0 Å². The lowest BCUT2D eigenvalue weighted by molar-refractivity contribution is -0.157. The number of nitrogens with two attached hydrogens (primary N) is 1. The van der Waals surface area contributed by atoms with Crippen LogP contribution in [-0.4, -0.2) is 53.7 Å².